The summed E-state index contributed by atoms with van der Waals surface area (Å²) in [5.41, 5.74) is 3.21. The van der Waals surface area contributed by atoms with Gasteiger partial charge >= 0.3 is 5.97 Å². The van der Waals surface area contributed by atoms with E-state index in [2.05, 4.69) is 4.90 Å². The van der Waals surface area contributed by atoms with Crippen LogP contribution in [0.25, 0.3) is 0 Å². The number of nitrogens with two attached hydrogens (primary N) is 1. The summed E-state index contributed by atoms with van der Waals surface area (Å²) in [5.74, 6) is -0.0340. The topological polar surface area (TPSA) is 130 Å². The van der Waals surface area contributed by atoms with Gasteiger partial charge < -0.3 is 19.8 Å². The number of ether oxygens (including phenoxy) is 1. The smallest absolute Gasteiger partial charge is 0.335 e. The van der Waals surface area contributed by atoms with Crippen LogP contribution in [0, 0.1) is 17.8 Å². The van der Waals surface area contributed by atoms with Gasteiger partial charge in [-0.2, -0.15) is 0 Å². The number of sulfonamides is 1. The Balaban J connectivity index is 1.30. The summed E-state index contributed by atoms with van der Waals surface area (Å²) in [7, 11) is -3.56. The summed E-state index contributed by atoms with van der Waals surface area (Å²) in [6.45, 7) is 1.79. The van der Waals surface area contributed by atoms with Crippen LogP contribution in [0.4, 0.5) is 5.69 Å². The number of hydrogen-bond acceptors (Lipinski definition) is 6. The summed E-state index contributed by atoms with van der Waals surface area (Å²) in [4.78, 5) is 14.1. The highest BCUT2D eigenvalue weighted by Crippen LogP contribution is 2.41. The zero-order valence-corrected chi connectivity index (χ0v) is 25.4. The second-order valence-corrected chi connectivity index (χ2v) is 14.3. The minimum Gasteiger partial charge on any atom is -0.487 e. The Labute approximate surface area is 253 Å². The number of primary sulfonamides is 1. The number of allylic oxidation sites excluding steroid dienone is 1. The number of benzene rings is 2. The largest absolute Gasteiger partial charge is 0.487 e. The Morgan fingerprint density at radius 2 is 1.90 bits per heavy atom. The number of aliphatic hydroxyl groups is 1. The second kappa shape index (κ2) is 13.4. The molecule has 0 amide bonds. The quantitative estimate of drug-likeness (QED) is 0.332. The van der Waals surface area contributed by atoms with Gasteiger partial charge in [-0.1, -0.05) is 36.2 Å². The lowest BCUT2D eigenvalue weighted by Gasteiger charge is -2.42. The van der Waals surface area contributed by atoms with Crippen molar-refractivity contribution in [3.63, 3.8) is 0 Å². The van der Waals surface area contributed by atoms with E-state index in [1.54, 1.807) is 18.2 Å². The van der Waals surface area contributed by atoms with E-state index in [1.807, 2.05) is 30.4 Å². The number of carboxylic acids is 1. The molecule has 10 heteroatoms. The van der Waals surface area contributed by atoms with Crippen LogP contribution in [-0.4, -0.2) is 49.0 Å². The summed E-state index contributed by atoms with van der Waals surface area (Å²) in [6, 6.07) is 10.9. The van der Waals surface area contributed by atoms with Crippen molar-refractivity contribution in [2.45, 2.75) is 75.7 Å². The molecule has 1 heterocycles. The van der Waals surface area contributed by atoms with E-state index >= 15 is 0 Å². The van der Waals surface area contributed by atoms with E-state index in [9.17, 15) is 23.4 Å². The van der Waals surface area contributed by atoms with Crippen LogP contribution < -0.4 is 14.8 Å². The molecule has 2 saturated carbocycles. The second-order valence-electron chi connectivity index (χ2n) is 12.1. The minimum atomic E-state index is -3.56. The molecule has 1 aliphatic heterocycles. The molecule has 0 saturated heterocycles. The van der Waals surface area contributed by atoms with Gasteiger partial charge in [-0.3, -0.25) is 0 Å². The number of aryl methyl sites for hydroxylation is 1. The van der Waals surface area contributed by atoms with E-state index in [1.165, 1.54) is 5.56 Å². The lowest BCUT2D eigenvalue weighted by molar-refractivity contribution is 0.0461. The van der Waals surface area contributed by atoms with E-state index in [-0.39, 0.29) is 23.3 Å². The Morgan fingerprint density at radius 1 is 1.07 bits per heavy atom. The van der Waals surface area contributed by atoms with E-state index in [0.717, 1.165) is 62.7 Å². The monoisotopic (exact) mass is 616 g/mol. The average molecular weight is 617 g/mol. The number of rotatable bonds is 8. The van der Waals surface area contributed by atoms with Gasteiger partial charge in [0, 0.05) is 18.1 Å². The number of aliphatic hydroxyl groups excluding tert-OH is 1. The molecule has 5 rings (SSSR count). The van der Waals surface area contributed by atoms with Crippen molar-refractivity contribution >= 4 is 33.3 Å². The third-order valence-corrected chi connectivity index (χ3v) is 11.1. The molecule has 42 heavy (non-hydrogen) atoms. The zero-order valence-electron chi connectivity index (χ0n) is 23.8. The minimum absolute atomic E-state index is 0.000803. The highest BCUT2D eigenvalue weighted by molar-refractivity contribution is 7.89. The number of anilines is 1. The Bertz CT molecular complexity index is 1410. The first-order valence-corrected chi connectivity index (χ1v) is 17.0. The van der Waals surface area contributed by atoms with Crippen molar-refractivity contribution in [1.29, 1.82) is 0 Å². The summed E-state index contributed by atoms with van der Waals surface area (Å²) < 4.78 is 30.1. The number of carbonyl (C=O) groups is 1. The summed E-state index contributed by atoms with van der Waals surface area (Å²) in [5, 5.41) is 26.4. The molecule has 3 aliphatic rings. The molecule has 5 atom stereocenters. The lowest BCUT2D eigenvalue weighted by Crippen LogP contribution is -2.43. The van der Waals surface area contributed by atoms with Gasteiger partial charge in [0.15, 0.2) is 0 Å². The van der Waals surface area contributed by atoms with Gasteiger partial charge in [-0.15, -0.1) is 0 Å². The van der Waals surface area contributed by atoms with Crippen molar-refractivity contribution in [1.82, 2.24) is 0 Å². The standard InChI is InChI=1S/C32H41ClN2O6S/c33-26-13-10-25-20-41-30-15-12-23(32(37)38)18-28(30)35(16-2-1-5-22(25)17-26)19-24-11-14-27(24)29(36)8-3-6-21-7-4-9-31(21)42(34,39)40/h3,8,10,12-13,15,17-18,21,24,27,29,31,36H,1-2,4-7,9,11,14,16,19-20H2,(H,37,38)(H2,34,39,40)/b8-3+/t21-,24+,27-,29+,31+/m1/s1. The Morgan fingerprint density at radius 3 is 2.64 bits per heavy atom. The van der Waals surface area contributed by atoms with Crippen molar-refractivity contribution in [2.24, 2.45) is 22.9 Å². The number of hydrogen-bond donors (Lipinski definition) is 3. The van der Waals surface area contributed by atoms with Crippen LogP contribution in [0.3, 0.4) is 0 Å². The fourth-order valence-corrected chi connectivity index (χ4v) is 8.34. The molecular weight excluding hydrogens is 576 g/mol. The highest BCUT2D eigenvalue weighted by atomic mass is 35.5. The first kappa shape index (κ1) is 30.9. The van der Waals surface area contributed by atoms with Gasteiger partial charge in [0.05, 0.1) is 22.6 Å². The van der Waals surface area contributed by atoms with Crippen LogP contribution in [0.15, 0.2) is 48.6 Å². The molecule has 228 valence electrons. The van der Waals surface area contributed by atoms with Gasteiger partial charge in [-0.25, -0.2) is 18.4 Å². The number of nitrogens with zero attached hydrogens (tertiary/aromatic N) is 1. The van der Waals surface area contributed by atoms with Gasteiger partial charge in [0.1, 0.15) is 12.4 Å². The van der Waals surface area contributed by atoms with E-state index < -0.39 is 27.3 Å². The molecule has 0 bridgehead atoms. The maximum absolute atomic E-state index is 11.9. The highest BCUT2D eigenvalue weighted by Gasteiger charge is 2.37. The predicted molar refractivity (Wildman–Crippen MR) is 165 cm³/mol. The van der Waals surface area contributed by atoms with Crippen LogP contribution in [0.2, 0.25) is 5.02 Å². The van der Waals surface area contributed by atoms with E-state index in [4.69, 9.17) is 21.5 Å². The lowest BCUT2D eigenvalue weighted by atomic mass is 9.70. The maximum Gasteiger partial charge on any atom is 0.335 e. The Kier molecular flexibility index (Phi) is 9.82. The summed E-state index contributed by atoms with van der Waals surface area (Å²) in [6.07, 6.45) is 10.6. The molecule has 4 N–H and O–H groups in total. The first-order valence-electron chi connectivity index (χ1n) is 15.0. The number of carboxylic acid groups (broad SMARTS) is 1. The van der Waals surface area contributed by atoms with Crippen LogP contribution in [0.5, 0.6) is 5.75 Å². The van der Waals surface area contributed by atoms with Gasteiger partial charge in [0.25, 0.3) is 0 Å². The van der Waals surface area contributed by atoms with Gasteiger partial charge in [0.2, 0.25) is 10.0 Å². The van der Waals surface area contributed by atoms with Gasteiger partial charge in [-0.05, 0) is 111 Å². The third-order valence-electron chi connectivity index (χ3n) is 9.38. The third kappa shape index (κ3) is 7.30. The molecule has 8 nitrogen and oxygen atoms in total. The SMILES string of the molecule is NS(=O)(=O)[C@H]1CCC[C@H]1C/C=C/[C@H](O)[C@@H]1CC[C@H]1CN1CCCCc2cc(Cl)ccc2COc2ccc(C(=O)O)cc21. The van der Waals surface area contributed by atoms with Crippen LogP contribution >= 0.6 is 11.6 Å². The average Bonchev–Trinajstić information content (AvgIpc) is 3.40. The van der Waals surface area contributed by atoms with Crippen molar-refractivity contribution in [3.8, 4) is 5.75 Å². The number of aromatic carboxylic acids is 1. The molecule has 0 aromatic heterocycles. The van der Waals surface area contributed by atoms with Crippen molar-refractivity contribution in [2.75, 3.05) is 18.0 Å². The first-order chi connectivity index (χ1) is 20.1. The summed E-state index contributed by atoms with van der Waals surface area (Å²) >= 11 is 6.28. The molecule has 0 unspecified atom stereocenters. The molecule has 0 radical (unpaired) electrons. The fraction of sp³-hybridized carbons (Fsp3) is 0.531. The normalized spacial score (nSPS) is 25.5. The number of fused-ring (bicyclic) bond motifs is 2. The van der Waals surface area contributed by atoms with Crippen molar-refractivity contribution < 1.29 is 28.2 Å². The molecular formula is C32H41ClN2O6S. The van der Waals surface area contributed by atoms with Crippen LogP contribution in [0.1, 0.15) is 72.9 Å². The Hall–Kier alpha value is -2.59. The molecule has 2 aromatic carbocycles. The molecule has 2 fully saturated rings. The zero-order chi connectivity index (χ0) is 29.9. The maximum atomic E-state index is 11.9. The molecule has 2 aromatic rings. The number of halogens is 1. The fourth-order valence-electron chi connectivity index (χ4n) is 6.87. The predicted octanol–water partition coefficient (Wildman–Crippen LogP) is 5.55. The van der Waals surface area contributed by atoms with Crippen molar-refractivity contribution in [3.05, 3.63) is 70.3 Å². The molecule has 0 spiro atoms. The molecule has 2 aliphatic carbocycles. The van der Waals surface area contributed by atoms with E-state index in [0.29, 0.717) is 36.8 Å². The van der Waals surface area contributed by atoms with Crippen LogP contribution in [-0.2, 0) is 23.1 Å².